The molecule has 0 spiro atoms. The molecule has 0 amide bonds. The minimum atomic E-state index is 0.189. The zero-order valence-corrected chi connectivity index (χ0v) is 5.88. The highest BCUT2D eigenvalue weighted by atomic mass is 15.2. The number of nitrogens with two attached hydrogens (primary N) is 1. The molecule has 1 aliphatic rings. The molecule has 2 radical (unpaired) electrons. The molecule has 0 saturated carbocycles. The van der Waals surface area contributed by atoms with E-state index in [0.29, 0.717) is 0 Å². The van der Waals surface area contributed by atoms with E-state index < -0.39 is 0 Å². The maximum absolute atomic E-state index is 5.71. The topological polar surface area (TPSA) is 29.3 Å². The van der Waals surface area contributed by atoms with Gasteiger partial charge < -0.3 is 5.73 Å². The fourth-order valence-electron chi connectivity index (χ4n) is 1.19. The molecule has 1 aliphatic heterocycles. The summed E-state index contributed by atoms with van der Waals surface area (Å²) in [4.78, 5) is 2.03. The average Bonchev–Trinajstić information content (AvgIpc) is 1.83. The highest BCUT2D eigenvalue weighted by Gasteiger charge is 2.19. The Hall–Kier alpha value is -0.0151. The Labute approximate surface area is 57.8 Å². The Kier molecular flexibility index (Phi) is 2.14. The summed E-state index contributed by atoms with van der Waals surface area (Å²) in [5.41, 5.74) is 5.71. The molecule has 1 fully saturated rings. The van der Waals surface area contributed by atoms with Crippen molar-refractivity contribution in [3.8, 4) is 0 Å². The van der Waals surface area contributed by atoms with Crippen LogP contribution in [0.25, 0.3) is 0 Å². The Morgan fingerprint density at radius 1 is 1.56 bits per heavy atom. The largest absolute Gasteiger partial charge is 0.316 e. The van der Waals surface area contributed by atoms with Gasteiger partial charge >= 0.3 is 0 Å². The van der Waals surface area contributed by atoms with Crippen molar-refractivity contribution in [1.29, 1.82) is 0 Å². The molecule has 2 N–H and O–H groups in total. The Balaban J connectivity index is 2.41. The maximum atomic E-state index is 5.71. The quantitative estimate of drug-likeness (QED) is 0.456. The lowest BCUT2D eigenvalue weighted by Gasteiger charge is -2.35. The van der Waals surface area contributed by atoms with Gasteiger partial charge in [-0.15, -0.1) is 0 Å². The van der Waals surface area contributed by atoms with Gasteiger partial charge in [0, 0.05) is 0 Å². The smallest absolute Gasteiger partial charge is 0.0910 e. The first-order valence-electron chi connectivity index (χ1n) is 3.45. The van der Waals surface area contributed by atoms with Crippen molar-refractivity contribution in [3.63, 3.8) is 0 Å². The summed E-state index contributed by atoms with van der Waals surface area (Å²) in [7, 11) is 7.70. The molecule has 0 aromatic heterocycles. The standard InChI is InChI=1S/C6H13BN2/c1-9-5(7)3-2-4-6(9)8/h5-6H,2-4,8H2,1H3. The minimum Gasteiger partial charge on any atom is -0.316 e. The summed E-state index contributed by atoms with van der Waals surface area (Å²) in [6.07, 6.45) is 3.54. The van der Waals surface area contributed by atoms with Crippen molar-refractivity contribution in [3.05, 3.63) is 0 Å². The van der Waals surface area contributed by atoms with E-state index >= 15 is 0 Å². The molecule has 0 aliphatic carbocycles. The molecule has 0 aromatic rings. The molecular weight excluding hydrogens is 111 g/mol. The molecule has 1 heterocycles. The third-order valence-electron chi connectivity index (χ3n) is 2.05. The number of likely N-dealkylation sites (tertiary alicyclic amines) is 1. The van der Waals surface area contributed by atoms with Crippen molar-refractivity contribution in [2.24, 2.45) is 5.73 Å². The van der Waals surface area contributed by atoms with Crippen molar-refractivity contribution >= 4 is 7.85 Å². The minimum absolute atomic E-state index is 0.189. The summed E-state index contributed by atoms with van der Waals surface area (Å²) in [5, 5.41) is 0. The van der Waals surface area contributed by atoms with Crippen LogP contribution in [0.2, 0.25) is 0 Å². The average molecular weight is 124 g/mol. The lowest BCUT2D eigenvalue weighted by Crippen LogP contribution is -2.48. The van der Waals surface area contributed by atoms with Gasteiger partial charge in [0.15, 0.2) is 0 Å². The summed E-state index contributed by atoms with van der Waals surface area (Å²) in [5.74, 6) is 0.189. The predicted octanol–water partition coefficient (Wildman–Crippen LogP) is -0.118. The van der Waals surface area contributed by atoms with E-state index in [9.17, 15) is 0 Å². The second-order valence-electron chi connectivity index (χ2n) is 2.73. The Morgan fingerprint density at radius 2 is 2.22 bits per heavy atom. The van der Waals surface area contributed by atoms with E-state index in [0.717, 1.165) is 12.8 Å². The van der Waals surface area contributed by atoms with E-state index in [1.165, 1.54) is 6.42 Å². The van der Waals surface area contributed by atoms with Crippen molar-refractivity contribution in [2.45, 2.75) is 31.4 Å². The van der Waals surface area contributed by atoms with Crippen LogP contribution in [0.1, 0.15) is 19.3 Å². The van der Waals surface area contributed by atoms with E-state index in [1.807, 2.05) is 11.9 Å². The molecule has 1 saturated heterocycles. The molecule has 2 nitrogen and oxygen atoms in total. The monoisotopic (exact) mass is 124 g/mol. The highest BCUT2D eigenvalue weighted by molar-refractivity contribution is 6.11. The van der Waals surface area contributed by atoms with Crippen LogP contribution in [-0.2, 0) is 0 Å². The SMILES string of the molecule is [B]C1CCCC(N)N1C. The zero-order chi connectivity index (χ0) is 6.85. The van der Waals surface area contributed by atoms with Gasteiger partial charge in [-0.3, -0.25) is 4.90 Å². The molecule has 9 heavy (non-hydrogen) atoms. The first kappa shape index (κ1) is 7.10. The van der Waals surface area contributed by atoms with Gasteiger partial charge in [0.25, 0.3) is 0 Å². The second-order valence-corrected chi connectivity index (χ2v) is 2.73. The normalized spacial score (nSPS) is 38.9. The molecular formula is C6H13BN2. The maximum Gasteiger partial charge on any atom is 0.0910 e. The number of hydrogen-bond acceptors (Lipinski definition) is 2. The van der Waals surface area contributed by atoms with Crippen LogP contribution in [0.15, 0.2) is 0 Å². The van der Waals surface area contributed by atoms with Crippen molar-refractivity contribution in [1.82, 2.24) is 4.90 Å². The highest BCUT2D eigenvalue weighted by Crippen LogP contribution is 2.15. The molecule has 50 valence electrons. The number of piperidine rings is 1. The van der Waals surface area contributed by atoms with Gasteiger partial charge in [-0.2, -0.15) is 0 Å². The van der Waals surface area contributed by atoms with Gasteiger partial charge in [-0.1, -0.05) is 0 Å². The Bertz CT molecular complexity index is 87.1. The fraction of sp³-hybridized carbons (Fsp3) is 1.00. The Morgan fingerprint density at radius 3 is 2.67 bits per heavy atom. The number of hydrogen-bond donors (Lipinski definition) is 1. The summed E-state index contributed by atoms with van der Waals surface area (Å²) >= 11 is 0. The molecule has 2 atom stereocenters. The molecule has 0 bridgehead atoms. The lowest BCUT2D eigenvalue weighted by molar-refractivity contribution is 0.166. The number of nitrogens with zero attached hydrogens (tertiary/aromatic N) is 1. The van der Waals surface area contributed by atoms with Crippen LogP contribution < -0.4 is 5.73 Å². The summed E-state index contributed by atoms with van der Waals surface area (Å²) in [6, 6.07) is 0. The van der Waals surface area contributed by atoms with E-state index in [4.69, 9.17) is 13.6 Å². The van der Waals surface area contributed by atoms with Crippen LogP contribution in [0.5, 0.6) is 0 Å². The first-order valence-corrected chi connectivity index (χ1v) is 3.45. The third-order valence-corrected chi connectivity index (χ3v) is 2.05. The van der Waals surface area contributed by atoms with Crippen LogP contribution >= 0.6 is 0 Å². The molecule has 1 rings (SSSR count). The predicted molar refractivity (Wildman–Crippen MR) is 39.1 cm³/mol. The lowest BCUT2D eigenvalue weighted by atomic mass is 9.86. The molecule has 2 unspecified atom stereocenters. The van der Waals surface area contributed by atoms with Crippen molar-refractivity contribution in [2.75, 3.05) is 7.05 Å². The van der Waals surface area contributed by atoms with Crippen LogP contribution in [-0.4, -0.2) is 31.9 Å². The fourth-order valence-corrected chi connectivity index (χ4v) is 1.19. The van der Waals surface area contributed by atoms with Gasteiger partial charge in [-0.05, 0) is 32.3 Å². The molecule has 0 aromatic carbocycles. The van der Waals surface area contributed by atoms with E-state index in [1.54, 1.807) is 0 Å². The van der Waals surface area contributed by atoms with Crippen LogP contribution in [0.3, 0.4) is 0 Å². The summed E-state index contributed by atoms with van der Waals surface area (Å²) in [6.45, 7) is 0. The van der Waals surface area contributed by atoms with Gasteiger partial charge in [-0.25, -0.2) is 0 Å². The van der Waals surface area contributed by atoms with Crippen LogP contribution in [0, 0.1) is 0 Å². The first-order chi connectivity index (χ1) is 4.22. The van der Waals surface area contributed by atoms with E-state index in [2.05, 4.69) is 0 Å². The second kappa shape index (κ2) is 2.71. The third kappa shape index (κ3) is 1.46. The zero-order valence-electron chi connectivity index (χ0n) is 5.88. The van der Waals surface area contributed by atoms with Gasteiger partial charge in [0.1, 0.15) is 0 Å². The van der Waals surface area contributed by atoms with Gasteiger partial charge in [0.2, 0.25) is 0 Å². The molecule has 3 heteroatoms. The van der Waals surface area contributed by atoms with Crippen LogP contribution in [0.4, 0.5) is 0 Å². The summed E-state index contributed by atoms with van der Waals surface area (Å²) < 4.78 is 0. The van der Waals surface area contributed by atoms with Gasteiger partial charge in [0.05, 0.1) is 14.0 Å². The van der Waals surface area contributed by atoms with E-state index in [-0.39, 0.29) is 12.1 Å². The number of rotatable bonds is 0. The van der Waals surface area contributed by atoms with Crippen molar-refractivity contribution < 1.29 is 0 Å².